The predicted molar refractivity (Wildman–Crippen MR) is 115 cm³/mol. The summed E-state index contributed by atoms with van der Waals surface area (Å²) in [5.41, 5.74) is 3.30. The molecule has 0 bridgehead atoms. The Bertz CT molecular complexity index is 1040. The zero-order chi connectivity index (χ0) is 20.9. The van der Waals surface area contributed by atoms with E-state index in [4.69, 9.17) is 0 Å². The number of rotatable bonds is 7. The van der Waals surface area contributed by atoms with Crippen molar-refractivity contribution in [2.45, 2.75) is 32.5 Å². The highest BCUT2D eigenvalue weighted by atomic mass is 16.2. The van der Waals surface area contributed by atoms with Gasteiger partial charge in [-0.05, 0) is 36.2 Å². The lowest BCUT2D eigenvalue weighted by atomic mass is 10.1. The van der Waals surface area contributed by atoms with Gasteiger partial charge in [0, 0.05) is 25.4 Å². The number of anilines is 1. The minimum atomic E-state index is -0.449. The fraction of sp³-hybridized carbons (Fsp3) is 0.217. The lowest BCUT2D eigenvalue weighted by molar-refractivity contribution is -0.118. The Kier molecular flexibility index (Phi) is 5.70. The molecule has 152 valence electrons. The molecule has 1 amide bonds. The molecule has 2 heterocycles. The Morgan fingerprint density at radius 1 is 1.03 bits per heavy atom. The highest BCUT2D eigenvalue weighted by Gasteiger charge is 2.33. The molecular formula is C23H23N5O2. The third-order valence-electron chi connectivity index (χ3n) is 5.04. The third-order valence-corrected chi connectivity index (χ3v) is 5.04. The molecule has 30 heavy (non-hydrogen) atoms. The minimum Gasteiger partial charge on any atom is -0.347 e. The van der Waals surface area contributed by atoms with Gasteiger partial charge >= 0.3 is 0 Å². The Morgan fingerprint density at radius 3 is 2.43 bits per heavy atom. The van der Waals surface area contributed by atoms with Gasteiger partial charge in [0.05, 0.1) is 12.2 Å². The van der Waals surface area contributed by atoms with Crippen LogP contribution < -0.4 is 10.3 Å². The Hall–Kier alpha value is -3.74. The maximum atomic E-state index is 12.7. The molecule has 4 rings (SSSR count). The van der Waals surface area contributed by atoms with Gasteiger partial charge in [0.25, 0.3) is 5.91 Å². The zero-order valence-electron chi connectivity index (χ0n) is 16.7. The SMILES string of the molecule is CC(=O)C1CC(C(=O)NCc2ccc(Cn3cccn3)cc2)=NN1c1ccccc1. The summed E-state index contributed by atoms with van der Waals surface area (Å²) in [4.78, 5) is 24.7. The summed E-state index contributed by atoms with van der Waals surface area (Å²) < 4.78 is 1.86. The smallest absolute Gasteiger partial charge is 0.267 e. The van der Waals surface area contributed by atoms with Crippen molar-refractivity contribution < 1.29 is 9.59 Å². The number of para-hydroxylation sites is 1. The van der Waals surface area contributed by atoms with Gasteiger partial charge in [-0.25, -0.2) is 0 Å². The third kappa shape index (κ3) is 4.46. The molecule has 7 nitrogen and oxygen atoms in total. The number of hydrazone groups is 1. The number of carbonyl (C=O) groups excluding carboxylic acids is 2. The van der Waals surface area contributed by atoms with Crippen molar-refractivity contribution >= 4 is 23.1 Å². The molecule has 0 spiro atoms. The van der Waals surface area contributed by atoms with Gasteiger partial charge in [-0.15, -0.1) is 0 Å². The quantitative estimate of drug-likeness (QED) is 0.660. The van der Waals surface area contributed by atoms with E-state index < -0.39 is 6.04 Å². The van der Waals surface area contributed by atoms with Crippen LogP contribution in [0.25, 0.3) is 0 Å². The molecule has 3 aromatic rings. The van der Waals surface area contributed by atoms with Crippen LogP contribution in [0.15, 0.2) is 78.2 Å². The van der Waals surface area contributed by atoms with Gasteiger partial charge in [-0.3, -0.25) is 19.3 Å². The lowest BCUT2D eigenvalue weighted by Crippen LogP contribution is -2.34. The first-order valence-electron chi connectivity index (χ1n) is 9.86. The van der Waals surface area contributed by atoms with E-state index in [0.29, 0.717) is 25.2 Å². The number of hydrogen-bond donors (Lipinski definition) is 1. The van der Waals surface area contributed by atoms with E-state index in [1.807, 2.05) is 71.5 Å². The van der Waals surface area contributed by atoms with E-state index >= 15 is 0 Å². The molecule has 1 unspecified atom stereocenters. The van der Waals surface area contributed by atoms with Crippen molar-refractivity contribution in [2.75, 3.05) is 5.01 Å². The summed E-state index contributed by atoms with van der Waals surface area (Å²) in [6.45, 7) is 2.63. The number of carbonyl (C=O) groups is 2. The Balaban J connectivity index is 1.38. The number of Topliss-reactive ketones (excluding diaryl/α,β-unsaturated/α-hetero) is 1. The highest BCUT2D eigenvalue weighted by Crippen LogP contribution is 2.25. The van der Waals surface area contributed by atoms with E-state index in [0.717, 1.165) is 16.8 Å². The van der Waals surface area contributed by atoms with Crippen molar-refractivity contribution in [2.24, 2.45) is 5.10 Å². The van der Waals surface area contributed by atoms with Gasteiger partial charge < -0.3 is 5.32 Å². The molecule has 1 N–H and O–H groups in total. The second kappa shape index (κ2) is 8.73. The van der Waals surface area contributed by atoms with Crippen LogP contribution >= 0.6 is 0 Å². The van der Waals surface area contributed by atoms with Crippen LogP contribution in [0.2, 0.25) is 0 Å². The van der Waals surface area contributed by atoms with E-state index in [9.17, 15) is 9.59 Å². The number of aromatic nitrogens is 2. The normalized spacial score (nSPS) is 15.7. The van der Waals surface area contributed by atoms with Crippen molar-refractivity contribution in [3.63, 3.8) is 0 Å². The first-order valence-corrected chi connectivity index (χ1v) is 9.86. The van der Waals surface area contributed by atoms with Crippen molar-refractivity contribution in [1.82, 2.24) is 15.1 Å². The molecule has 1 aromatic heterocycles. The monoisotopic (exact) mass is 401 g/mol. The molecule has 0 fully saturated rings. The number of amides is 1. The van der Waals surface area contributed by atoms with Gasteiger partial charge in [0.2, 0.25) is 0 Å². The maximum Gasteiger partial charge on any atom is 0.267 e. The molecule has 0 aliphatic carbocycles. The summed E-state index contributed by atoms with van der Waals surface area (Å²) in [5.74, 6) is -0.265. The number of benzene rings is 2. The Morgan fingerprint density at radius 2 is 1.77 bits per heavy atom. The first kappa shape index (κ1) is 19.6. The molecule has 1 aliphatic rings. The lowest BCUT2D eigenvalue weighted by Gasteiger charge is -2.20. The molecule has 1 atom stereocenters. The summed E-state index contributed by atoms with van der Waals surface area (Å²) in [6, 6.07) is 18.9. The maximum absolute atomic E-state index is 12.7. The zero-order valence-corrected chi connectivity index (χ0v) is 16.7. The first-order chi connectivity index (χ1) is 14.6. The van der Waals surface area contributed by atoms with Crippen molar-refractivity contribution in [3.8, 4) is 0 Å². The van der Waals surface area contributed by atoms with Gasteiger partial charge in [-0.1, -0.05) is 42.5 Å². The van der Waals surface area contributed by atoms with E-state index in [1.165, 1.54) is 6.92 Å². The fourth-order valence-corrected chi connectivity index (χ4v) is 3.41. The number of ketones is 1. The van der Waals surface area contributed by atoms with Crippen molar-refractivity contribution in [3.05, 3.63) is 84.2 Å². The predicted octanol–water partition coefficient (Wildman–Crippen LogP) is 2.77. The van der Waals surface area contributed by atoms with Crippen LogP contribution in [0.5, 0.6) is 0 Å². The molecule has 7 heteroatoms. The number of nitrogens with one attached hydrogen (secondary N) is 1. The summed E-state index contributed by atoms with van der Waals surface area (Å²) in [7, 11) is 0. The summed E-state index contributed by atoms with van der Waals surface area (Å²) >= 11 is 0. The second-order valence-electron chi connectivity index (χ2n) is 7.26. The molecular weight excluding hydrogens is 378 g/mol. The minimum absolute atomic E-state index is 0.0156. The van der Waals surface area contributed by atoms with Gasteiger partial charge in [-0.2, -0.15) is 10.2 Å². The standard InChI is InChI=1S/C23H23N5O2/c1-17(29)22-14-21(26-28(22)20-6-3-2-4-7-20)23(30)24-15-18-8-10-19(11-9-18)16-27-13-5-12-25-27/h2-13,22H,14-16H2,1H3,(H,24,30). The van der Waals surface area contributed by atoms with E-state index in [2.05, 4.69) is 15.5 Å². The number of hydrogen-bond acceptors (Lipinski definition) is 5. The largest absolute Gasteiger partial charge is 0.347 e. The van der Waals surface area contributed by atoms with Crippen LogP contribution in [0, 0.1) is 0 Å². The molecule has 2 aromatic carbocycles. The number of nitrogens with zero attached hydrogens (tertiary/aromatic N) is 4. The molecule has 1 aliphatic heterocycles. The average Bonchev–Trinajstić information content (AvgIpc) is 3.44. The fourth-order valence-electron chi connectivity index (χ4n) is 3.41. The molecule has 0 radical (unpaired) electrons. The van der Waals surface area contributed by atoms with Crippen LogP contribution in [0.3, 0.4) is 0 Å². The average molecular weight is 401 g/mol. The Labute approximate surface area is 175 Å². The van der Waals surface area contributed by atoms with E-state index in [1.54, 1.807) is 11.2 Å². The summed E-state index contributed by atoms with van der Waals surface area (Å²) in [5, 5.41) is 13.2. The van der Waals surface area contributed by atoms with Crippen LogP contribution in [0.1, 0.15) is 24.5 Å². The molecule has 0 saturated carbocycles. The summed E-state index contributed by atoms with van der Waals surface area (Å²) in [6.07, 6.45) is 3.98. The second-order valence-corrected chi connectivity index (χ2v) is 7.26. The van der Waals surface area contributed by atoms with Gasteiger partial charge in [0.15, 0.2) is 5.78 Å². The van der Waals surface area contributed by atoms with Crippen LogP contribution in [-0.2, 0) is 22.7 Å². The van der Waals surface area contributed by atoms with E-state index in [-0.39, 0.29) is 11.7 Å². The van der Waals surface area contributed by atoms with Crippen LogP contribution in [0.4, 0.5) is 5.69 Å². The van der Waals surface area contributed by atoms with Gasteiger partial charge in [0.1, 0.15) is 11.8 Å². The van der Waals surface area contributed by atoms with Crippen LogP contribution in [-0.4, -0.2) is 33.2 Å². The molecule has 0 saturated heterocycles. The topological polar surface area (TPSA) is 79.6 Å². The van der Waals surface area contributed by atoms with Crippen molar-refractivity contribution in [1.29, 1.82) is 0 Å². The highest BCUT2D eigenvalue weighted by molar-refractivity contribution is 6.40.